The van der Waals surface area contributed by atoms with E-state index in [4.69, 9.17) is 23.2 Å². The van der Waals surface area contributed by atoms with Crippen molar-refractivity contribution in [1.29, 1.82) is 0 Å². The van der Waals surface area contributed by atoms with E-state index >= 15 is 0 Å². The van der Waals surface area contributed by atoms with Crippen LogP contribution in [0.15, 0.2) is 101 Å². The quantitative estimate of drug-likeness (QED) is 0.231. The summed E-state index contributed by atoms with van der Waals surface area (Å²) in [5.74, 6) is -0.680. The lowest BCUT2D eigenvalue weighted by Crippen LogP contribution is -2.38. The number of carbonyl (C=O) groups is 1. The molecule has 40 heavy (non-hydrogen) atoms. The van der Waals surface area contributed by atoms with E-state index in [0.717, 1.165) is 15.4 Å². The molecule has 0 aliphatic rings. The summed E-state index contributed by atoms with van der Waals surface area (Å²) < 4.78 is 56.3. The maximum atomic E-state index is 13.6. The zero-order chi connectivity index (χ0) is 29.1. The Hall–Kier alpha value is -3.57. The number of hydrogen-bond acceptors (Lipinski definition) is 5. The van der Waals surface area contributed by atoms with Crippen LogP contribution in [-0.4, -0.2) is 29.3 Å². The Morgan fingerprint density at radius 2 is 1.40 bits per heavy atom. The molecule has 0 heterocycles. The van der Waals surface area contributed by atoms with E-state index in [9.17, 15) is 21.6 Å². The number of rotatable bonds is 9. The van der Waals surface area contributed by atoms with Crippen LogP contribution in [0.25, 0.3) is 0 Å². The molecule has 2 N–H and O–H groups in total. The standard InChI is InChI=1S/C28H25Cl2N3O5S2/c1-19-10-14-23(15-11-19)40(37,38)33(26-9-5-7-24(29)28(26)30)18-27(34)31-21-12-16-22(17-13-21)39(35,36)32-25-8-4-3-6-20(25)2/h3-17,32H,18H2,1-2H3,(H,31,34). The molecule has 0 radical (unpaired) electrons. The van der Waals surface area contributed by atoms with Crippen molar-refractivity contribution in [2.24, 2.45) is 0 Å². The van der Waals surface area contributed by atoms with Crippen LogP contribution in [0.3, 0.4) is 0 Å². The first-order chi connectivity index (χ1) is 18.9. The van der Waals surface area contributed by atoms with Gasteiger partial charge in [0.05, 0.1) is 31.2 Å². The second-order valence-corrected chi connectivity index (χ2v) is 13.2. The van der Waals surface area contributed by atoms with Crippen molar-refractivity contribution in [3.8, 4) is 0 Å². The summed E-state index contributed by atoms with van der Waals surface area (Å²) in [6, 6.07) is 23.1. The molecule has 208 valence electrons. The van der Waals surface area contributed by atoms with Crippen molar-refractivity contribution in [3.05, 3.63) is 112 Å². The van der Waals surface area contributed by atoms with Gasteiger partial charge in [0, 0.05) is 5.69 Å². The van der Waals surface area contributed by atoms with Crippen molar-refractivity contribution < 1.29 is 21.6 Å². The highest BCUT2D eigenvalue weighted by molar-refractivity contribution is 7.93. The Morgan fingerprint density at radius 3 is 2.05 bits per heavy atom. The predicted octanol–water partition coefficient (Wildman–Crippen LogP) is 6.25. The van der Waals surface area contributed by atoms with Gasteiger partial charge < -0.3 is 5.32 Å². The largest absolute Gasteiger partial charge is 0.325 e. The third kappa shape index (κ3) is 6.59. The highest BCUT2D eigenvalue weighted by Crippen LogP contribution is 2.35. The molecule has 0 fully saturated rings. The molecule has 8 nitrogen and oxygen atoms in total. The van der Waals surface area contributed by atoms with Crippen LogP contribution in [0.5, 0.6) is 0 Å². The number of para-hydroxylation sites is 1. The van der Waals surface area contributed by atoms with E-state index in [2.05, 4.69) is 10.0 Å². The number of anilines is 3. The molecular formula is C28H25Cl2N3O5S2. The molecule has 0 saturated heterocycles. The molecule has 0 saturated carbocycles. The molecule has 1 amide bonds. The van der Waals surface area contributed by atoms with E-state index < -0.39 is 32.5 Å². The summed E-state index contributed by atoms with van der Waals surface area (Å²) in [4.78, 5) is 13.0. The van der Waals surface area contributed by atoms with Gasteiger partial charge in [0.15, 0.2) is 0 Å². The van der Waals surface area contributed by atoms with Gasteiger partial charge in [-0.3, -0.25) is 13.8 Å². The Bertz CT molecular complexity index is 1760. The fourth-order valence-corrected chi connectivity index (χ4v) is 6.77. The van der Waals surface area contributed by atoms with Gasteiger partial charge in [-0.2, -0.15) is 0 Å². The molecule has 4 aromatic carbocycles. The molecule has 0 atom stereocenters. The van der Waals surface area contributed by atoms with E-state index in [-0.39, 0.29) is 31.2 Å². The Labute approximate surface area is 243 Å². The smallest absolute Gasteiger partial charge is 0.264 e. The van der Waals surface area contributed by atoms with Gasteiger partial charge in [0.25, 0.3) is 20.0 Å². The van der Waals surface area contributed by atoms with Gasteiger partial charge in [0.1, 0.15) is 6.54 Å². The molecule has 0 unspecified atom stereocenters. The van der Waals surface area contributed by atoms with Gasteiger partial charge in [-0.1, -0.05) is 65.2 Å². The second-order valence-electron chi connectivity index (χ2n) is 8.89. The lowest BCUT2D eigenvalue weighted by Gasteiger charge is -2.25. The van der Waals surface area contributed by atoms with Crippen LogP contribution in [0.1, 0.15) is 11.1 Å². The average molecular weight is 619 g/mol. The molecular weight excluding hydrogens is 593 g/mol. The highest BCUT2D eigenvalue weighted by atomic mass is 35.5. The Balaban J connectivity index is 1.57. The number of sulfonamides is 2. The molecule has 0 aromatic heterocycles. The molecule has 0 bridgehead atoms. The first-order valence-electron chi connectivity index (χ1n) is 11.9. The van der Waals surface area contributed by atoms with Crippen LogP contribution in [-0.2, 0) is 24.8 Å². The van der Waals surface area contributed by atoms with Crippen molar-refractivity contribution in [1.82, 2.24) is 0 Å². The van der Waals surface area contributed by atoms with E-state index in [1.165, 1.54) is 54.6 Å². The van der Waals surface area contributed by atoms with Crippen LogP contribution < -0.4 is 14.3 Å². The molecule has 0 aliphatic heterocycles. The van der Waals surface area contributed by atoms with Crippen molar-refractivity contribution in [2.45, 2.75) is 23.6 Å². The third-order valence-corrected chi connectivity index (χ3v) is 9.90. The number of hydrogen-bond donors (Lipinski definition) is 2. The molecule has 12 heteroatoms. The number of carbonyl (C=O) groups excluding carboxylic acids is 1. The fraction of sp³-hybridized carbons (Fsp3) is 0.107. The zero-order valence-electron chi connectivity index (χ0n) is 21.4. The first-order valence-corrected chi connectivity index (χ1v) is 15.6. The number of aryl methyl sites for hydroxylation is 2. The van der Waals surface area contributed by atoms with Crippen molar-refractivity contribution in [2.75, 3.05) is 20.9 Å². The number of benzene rings is 4. The van der Waals surface area contributed by atoms with Crippen molar-refractivity contribution in [3.63, 3.8) is 0 Å². The van der Waals surface area contributed by atoms with Crippen LogP contribution in [0.4, 0.5) is 17.1 Å². The molecule has 4 aromatic rings. The SMILES string of the molecule is Cc1ccc(S(=O)(=O)N(CC(=O)Nc2ccc(S(=O)(=O)Nc3ccccc3C)cc2)c2cccc(Cl)c2Cl)cc1. The van der Waals surface area contributed by atoms with Gasteiger partial charge in [-0.05, 0) is 74.0 Å². The average Bonchev–Trinajstić information content (AvgIpc) is 2.91. The number of amides is 1. The first kappa shape index (κ1) is 29.4. The number of nitrogens with one attached hydrogen (secondary N) is 2. The van der Waals surface area contributed by atoms with Crippen molar-refractivity contribution >= 4 is 66.2 Å². The second kappa shape index (κ2) is 11.9. The Morgan fingerprint density at radius 1 is 0.775 bits per heavy atom. The molecule has 0 aliphatic carbocycles. The monoisotopic (exact) mass is 617 g/mol. The summed E-state index contributed by atoms with van der Waals surface area (Å²) in [6.07, 6.45) is 0. The van der Waals surface area contributed by atoms with E-state index in [1.54, 1.807) is 43.3 Å². The van der Waals surface area contributed by atoms with Gasteiger partial charge in [-0.15, -0.1) is 0 Å². The fourth-order valence-electron chi connectivity index (χ4n) is 3.76. The summed E-state index contributed by atoms with van der Waals surface area (Å²) in [7, 11) is -8.09. The van der Waals surface area contributed by atoms with Gasteiger partial charge >= 0.3 is 0 Å². The number of nitrogens with zero attached hydrogens (tertiary/aromatic N) is 1. The summed E-state index contributed by atoms with van der Waals surface area (Å²) in [5.41, 5.74) is 2.39. The topological polar surface area (TPSA) is 113 Å². The summed E-state index contributed by atoms with van der Waals surface area (Å²) in [5, 5.41) is 2.71. The Kier molecular flexibility index (Phi) is 8.74. The van der Waals surface area contributed by atoms with Crippen LogP contribution >= 0.6 is 23.2 Å². The van der Waals surface area contributed by atoms with E-state index in [1.807, 2.05) is 6.92 Å². The maximum Gasteiger partial charge on any atom is 0.264 e. The lowest BCUT2D eigenvalue weighted by atomic mass is 10.2. The van der Waals surface area contributed by atoms with Gasteiger partial charge in [0.2, 0.25) is 5.91 Å². The number of halogens is 2. The van der Waals surface area contributed by atoms with Crippen LogP contribution in [0, 0.1) is 13.8 Å². The summed E-state index contributed by atoms with van der Waals surface area (Å²) >= 11 is 12.5. The van der Waals surface area contributed by atoms with E-state index in [0.29, 0.717) is 5.69 Å². The predicted molar refractivity (Wildman–Crippen MR) is 159 cm³/mol. The minimum absolute atomic E-state index is 0.0111. The zero-order valence-corrected chi connectivity index (χ0v) is 24.6. The van der Waals surface area contributed by atoms with Gasteiger partial charge in [-0.25, -0.2) is 16.8 Å². The molecule has 0 spiro atoms. The minimum Gasteiger partial charge on any atom is -0.325 e. The lowest BCUT2D eigenvalue weighted by molar-refractivity contribution is -0.114. The normalized spacial score (nSPS) is 11.6. The minimum atomic E-state index is -4.22. The molecule has 4 rings (SSSR count). The third-order valence-electron chi connectivity index (χ3n) is 5.93. The maximum absolute atomic E-state index is 13.6. The van der Waals surface area contributed by atoms with Crippen LogP contribution in [0.2, 0.25) is 10.0 Å². The highest BCUT2D eigenvalue weighted by Gasteiger charge is 2.29. The summed E-state index contributed by atoms with van der Waals surface area (Å²) in [6.45, 7) is 2.99.